The van der Waals surface area contributed by atoms with E-state index in [2.05, 4.69) is 41.7 Å². The molecule has 1 N–H and O–H groups in total. The van der Waals surface area contributed by atoms with Crippen LogP contribution in [0.5, 0.6) is 0 Å². The molecular formula is C24H31NO3. The van der Waals surface area contributed by atoms with Crippen LogP contribution in [0.1, 0.15) is 49.7 Å². The number of ether oxygens (including phenoxy) is 2. The Balaban J connectivity index is 1.27. The molecule has 2 unspecified atom stereocenters. The molecule has 0 bridgehead atoms. The third-order valence-electron chi connectivity index (χ3n) is 5.25. The number of rotatable bonds is 10. The zero-order valence-electron chi connectivity index (χ0n) is 16.5. The van der Waals surface area contributed by atoms with E-state index < -0.39 is 0 Å². The van der Waals surface area contributed by atoms with E-state index in [9.17, 15) is 4.79 Å². The SMILES string of the molecule is O=C(NC1CCCC1OCc1ccccc1)OCCCCCc1ccccc1. The highest BCUT2D eigenvalue weighted by molar-refractivity contribution is 5.67. The fourth-order valence-electron chi connectivity index (χ4n) is 3.68. The van der Waals surface area contributed by atoms with Crippen LogP contribution in [-0.4, -0.2) is 24.8 Å². The van der Waals surface area contributed by atoms with Gasteiger partial charge in [0.15, 0.2) is 0 Å². The van der Waals surface area contributed by atoms with Gasteiger partial charge in [-0.05, 0) is 56.1 Å². The fourth-order valence-corrected chi connectivity index (χ4v) is 3.68. The maximum atomic E-state index is 12.1. The minimum Gasteiger partial charge on any atom is -0.450 e. The van der Waals surface area contributed by atoms with Crippen LogP contribution in [0.2, 0.25) is 0 Å². The van der Waals surface area contributed by atoms with E-state index in [-0.39, 0.29) is 18.2 Å². The molecule has 28 heavy (non-hydrogen) atoms. The van der Waals surface area contributed by atoms with E-state index in [1.54, 1.807) is 0 Å². The summed E-state index contributed by atoms with van der Waals surface area (Å²) in [5.74, 6) is 0. The third-order valence-corrected chi connectivity index (χ3v) is 5.25. The first-order valence-electron chi connectivity index (χ1n) is 10.4. The summed E-state index contributed by atoms with van der Waals surface area (Å²) in [6, 6.07) is 20.7. The Bertz CT molecular complexity index is 690. The van der Waals surface area contributed by atoms with Crippen molar-refractivity contribution in [3.8, 4) is 0 Å². The summed E-state index contributed by atoms with van der Waals surface area (Å²) < 4.78 is 11.4. The molecule has 3 rings (SSSR count). The number of carbonyl (C=O) groups is 1. The Labute approximate surface area is 168 Å². The summed E-state index contributed by atoms with van der Waals surface area (Å²) in [5, 5.41) is 3.00. The van der Waals surface area contributed by atoms with Crippen molar-refractivity contribution in [2.24, 2.45) is 0 Å². The van der Waals surface area contributed by atoms with Crippen molar-refractivity contribution in [3.63, 3.8) is 0 Å². The normalized spacial score (nSPS) is 18.7. The number of amides is 1. The molecule has 0 spiro atoms. The number of alkyl carbamates (subject to hydrolysis) is 1. The molecule has 0 heterocycles. The summed E-state index contributed by atoms with van der Waals surface area (Å²) >= 11 is 0. The lowest BCUT2D eigenvalue weighted by Gasteiger charge is -2.21. The second-order valence-corrected chi connectivity index (χ2v) is 7.45. The van der Waals surface area contributed by atoms with Gasteiger partial charge in [-0.25, -0.2) is 4.79 Å². The van der Waals surface area contributed by atoms with E-state index in [1.165, 1.54) is 5.56 Å². The molecular weight excluding hydrogens is 350 g/mol. The van der Waals surface area contributed by atoms with Gasteiger partial charge >= 0.3 is 6.09 Å². The predicted molar refractivity (Wildman–Crippen MR) is 111 cm³/mol. The fraction of sp³-hybridized carbons (Fsp3) is 0.458. The first-order valence-corrected chi connectivity index (χ1v) is 10.4. The van der Waals surface area contributed by atoms with Crippen LogP contribution in [0.25, 0.3) is 0 Å². The number of nitrogens with one attached hydrogen (secondary N) is 1. The Kier molecular flexibility index (Phi) is 8.38. The molecule has 2 aromatic carbocycles. The highest BCUT2D eigenvalue weighted by Crippen LogP contribution is 2.23. The Hall–Kier alpha value is -2.33. The molecule has 1 fully saturated rings. The molecule has 1 aliphatic carbocycles. The largest absolute Gasteiger partial charge is 0.450 e. The van der Waals surface area contributed by atoms with Gasteiger partial charge in [0.25, 0.3) is 0 Å². The van der Waals surface area contributed by atoms with E-state index in [1.807, 2.05) is 24.3 Å². The van der Waals surface area contributed by atoms with Crippen LogP contribution in [0.15, 0.2) is 60.7 Å². The number of unbranched alkanes of at least 4 members (excludes halogenated alkanes) is 2. The lowest BCUT2D eigenvalue weighted by atomic mass is 10.1. The van der Waals surface area contributed by atoms with Crippen LogP contribution in [-0.2, 0) is 22.5 Å². The van der Waals surface area contributed by atoms with Crippen molar-refractivity contribution >= 4 is 6.09 Å². The smallest absolute Gasteiger partial charge is 0.407 e. The van der Waals surface area contributed by atoms with Crippen LogP contribution < -0.4 is 5.32 Å². The highest BCUT2D eigenvalue weighted by atomic mass is 16.5. The molecule has 1 aliphatic rings. The van der Waals surface area contributed by atoms with Gasteiger partial charge in [-0.2, -0.15) is 0 Å². The molecule has 1 amide bonds. The summed E-state index contributed by atoms with van der Waals surface area (Å²) in [5.41, 5.74) is 2.52. The summed E-state index contributed by atoms with van der Waals surface area (Å²) in [6.45, 7) is 1.06. The van der Waals surface area contributed by atoms with E-state index >= 15 is 0 Å². The Morgan fingerprint density at radius 1 is 0.893 bits per heavy atom. The lowest BCUT2D eigenvalue weighted by Crippen LogP contribution is -2.41. The third kappa shape index (κ3) is 7.01. The average molecular weight is 382 g/mol. The lowest BCUT2D eigenvalue weighted by molar-refractivity contribution is 0.0266. The highest BCUT2D eigenvalue weighted by Gasteiger charge is 2.29. The molecule has 0 aromatic heterocycles. The predicted octanol–water partition coefficient (Wildman–Crippen LogP) is 5.26. The zero-order valence-corrected chi connectivity index (χ0v) is 16.5. The number of hydrogen-bond acceptors (Lipinski definition) is 3. The van der Waals surface area contributed by atoms with Gasteiger partial charge in [0.2, 0.25) is 0 Å². The van der Waals surface area contributed by atoms with Crippen molar-refractivity contribution in [1.29, 1.82) is 0 Å². The molecule has 0 aliphatic heterocycles. The van der Waals surface area contributed by atoms with Crippen molar-refractivity contribution in [2.45, 2.75) is 63.7 Å². The number of aryl methyl sites for hydroxylation is 1. The zero-order chi connectivity index (χ0) is 19.4. The molecule has 4 heteroatoms. The molecule has 2 aromatic rings. The maximum Gasteiger partial charge on any atom is 0.407 e. The van der Waals surface area contributed by atoms with E-state index in [0.717, 1.165) is 50.5 Å². The molecule has 0 saturated heterocycles. The van der Waals surface area contributed by atoms with Crippen LogP contribution >= 0.6 is 0 Å². The summed E-state index contributed by atoms with van der Waals surface area (Å²) in [4.78, 5) is 12.1. The Morgan fingerprint density at radius 3 is 2.36 bits per heavy atom. The standard InChI is InChI=1S/C24H31NO3/c26-24(27-18-9-3-8-13-20-11-4-1-5-12-20)25-22-16-10-17-23(22)28-19-21-14-6-2-7-15-21/h1-2,4-7,11-12,14-15,22-23H,3,8-10,13,16-19H2,(H,25,26). The van der Waals surface area contributed by atoms with Crippen molar-refractivity contribution in [2.75, 3.05) is 6.61 Å². The second-order valence-electron chi connectivity index (χ2n) is 7.45. The van der Waals surface area contributed by atoms with Gasteiger partial charge in [-0.15, -0.1) is 0 Å². The topological polar surface area (TPSA) is 47.6 Å². The van der Waals surface area contributed by atoms with Crippen molar-refractivity contribution in [1.82, 2.24) is 5.32 Å². The summed E-state index contributed by atoms with van der Waals surface area (Å²) in [6.07, 6.45) is 6.92. The van der Waals surface area contributed by atoms with Gasteiger partial charge in [-0.3, -0.25) is 0 Å². The molecule has 4 nitrogen and oxygen atoms in total. The number of hydrogen-bond donors (Lipinski definition) is 1. The van der Waals surface area contributed by atoms with Gasteiger partial charge < -0.3 is 14.8 Å². The van der Waals surface area contributed by atoms with Crippen molar-refractivity contribution in [3.05, 3.63) is 71.8 Å². The minimum atomic E-state index is -0.316. The quantitative estimate of drug-likeness (QED) is 0.571. The van der Waals surface area contributed by atoms with Crippen LogP contribution in [0.3, 0.4) is 0 Å². The van der Waals surface area contributed by atoms with E-state index in [4.69, 9.17) is 9.47 Å². The van der Waals surface area contributed by atoms with Crippen LogP contribution in [0, 0.1) is 0 Å². The molecule has 150 valence electrons. The van der Waals surface area contributed by atoms with Gasteiger partial charge in [0.1, 0.15) is 0 Å². The van der Waals surface area contributed by atoms with E-state index in [0.29, 0.717) is 13.2 Å². The minimum absolute atomic E-state index is 0.0503. The van der Waals surface area contributed by atoms with Crippen molar-refractivity contribution < 1.29 is 14.3 Å². The number of carbonyl (C=O) groups excluding carboxylic acids is 1. The first kappa shape index (κ1) is 20.4. The number of benzene rings is 2. The maximum absolute atomic E-state index is 12.1. The first-order chi connectivity index (χ1) is 13.8. The average Bonchev–Trinajstić information content (AvgIpc) is 3.17. The van der Waals surface area contributed by atoms with Gasteiger partial charge in [0.05, 0.1) is 25.4 Å². The monoisotopic (exact) mass is 381 g/mol. The molecule has 1 saturated carbocycles. The summed E-state index contributed by atoms with van der Waals surface area (Å²) in [7, 11) is 0. The van der Waals surface area contributed by atoms with Crippen LogP contribution in [0.4, 0.5) is 4.79 Å². The second kappa shape index (κ2) is 11.5. The van der Waals surface area contributed by atoms with Gasteiger partial charge in [-0.1, -0.05) is 60.7 Å². The Morgan fingerprint density at radius 2 is 1.61 bits per heavy atom. The molecule has 0 radical (unpaired) electrons. The molecule has 2 atom stereocenters. The van der Waals surface area contributed by atoms with Gasteiger partial charge in [0, 0.05) is 0 Å².